The molecule has 66 valence electrons. The third kappa shape index (κ3) is 1.58. The van der Waals surface area contributed by atoms with Gasteiger partial charge in [0.15, 0.2) is 0 Å². The Hall–Kier alpha value is -1.27. The number of thiazole rings is 2. The van der Waals surface area contributed by atoms with E-state index in [1.54, 1.807) is 5.51 Å². The maximum absolute atomic E-state index is 10.5. The summed E-state index contributed by atoms with van der Waals surface area (Å²) in [5.41, 5.74) is 2.43. The lowest BCUT2D eigenvalue weighted by atomic mass is 10.5. The number of nitrogens with zero attached hydrogens (tertiary/aromatic N) is 2. The standard InChI is InChI=1S/C7H4N2O2S2/c10-7(11)5-1-8-6(13-5)4-2-12-3-9-4/h1-3H,(H,10,11). The molecule has 2 rings (SSSR count). The first-order valence-corrected chi connectivity index (χ1v) is 5.11. The van der Waals surface area contributed by atoms with Gasteiger partial charge >= 0.3 is 5.97 Å². The Kier molecular flexibility index (Phi) is 2.07. The van der Waals surface area contributed by atoms with E-state index in [0.717, 1.165) is 17.0 Å². The molecule has 2 heterocycles. The van der Waals surface area contributed by atoms with Gasteiger partial charge in [0.2, 0.25) is 0 Å². The number of hydrogen-bond acceptors (Lipinski definition) is 5. The van der Waals surface area contributed by atoms with Crippen molar-refractivity contribution in [1.29, 1.82) is 0 Å². The molecule has 0 radical (unpaired) electrons. The van der Waals surface area contributed by atoms with Crippen molar-refractivity contribution in [1.82, 2.24) is 9.97 Å². The van der Waals surface area contributed by atoms with Crippen molar-refractivity contribution in [3.63, 3.8) is 0 Å². The molecule has 0 atom stereocenters. The van der Waals surface area contributed by atoms with Gasteiger partial charge in [0.25, 0.3) is 0 Å². The average Bonchev–Trinajstić information content (AvgIpc) is 2.75. The summed E-state index contributed by atoms with van der Waals surface area (Å²) in [6.07, 6.45) is 1.35. The summed E-state index contributed by atoms with van der Waals surface area (Å²) in [6.45, 7) is 0. The Morgan fingerprint density at radius 1 is 1.46 bits per heavy atom. The van der Waals surface area contributed by atoms with E-state index in [4.69, 9.17) is 5.11 Å². The van der Waals surface area contributed by atoms with Crippen LogP contribution in [-0.4, -0.2) is 21.0 Å². The van der Waals surface area contributed by atoms with Crippen molar-refractivity contribution in [2.75, 3.05) is 0 Å². The van der Waals surface area contributed by atoms with Crippen LogP contribution in [0.25, 0.3) is 10.7 Å². The maximum Gasteiger partial charge on any atom is 0.347 e. The summed E-state index contributed by atoms with van der Waals surface area (Å²) in [4.78, 5) is 18.8. The summed E-state index contributed by atoms with van der Waals surface area (Å²) in [7, 11) is 0. The molecule has 1 N–H and O–H groups in total. The van der Waals surface area contributed by atoms with E-state index >= 15 is 0 Å². The number of carbonyl (C=O) groups is 1. The van der Waals surface area contributed by atoms with Gasteiger partial charge in [-0.2, -0.15) is 0 Å². The highest BCUT2D eigenvalue weighted by Crippen LogP contribution is 2.24. The largest absolute Gasteiger partial charge is 0.477 e. The van der Waals surface area contributed by atoms with Crippen LogP contribution in [0, 0.1) is 0 Å². The third-order valence-corrected chi connectivity index (χ3v) is 2.96. The fraction of sp³-hybridized carbons (Fsp3) is 0. The minimum atomic E-state index is -0.945. The summed E-state index contributed by atoms with van der Waals surface area (Å²) >= 11 is 2.59. The minimum Gasteiger partial charge on any atom is -0.477 e. The van der Waals surface area contributed by atoms with Crippen LogP contribution < -0.4 is 0 Å². The Balaban J connectivity index is 2.39. The monoisotopic (exact) mass is 212 g/mol. The van der Waals surface area contributed by atoms with Gasteiger partial charge in [-0.25, -0.2) is 14.8 Å². The van der Waals surface area contributed by atoms with Gasteiger partial charge in [0.1, 0.15) is 15.6 Å². The fourth-order valence-electron chi connectivity index (χ4n) is 0.810. The van der Waals surface area contributed by atoms with E-state index in [0.29, 0.717) is 5.01 Å². The molecule has 0 unspecified atom stereocenters. The quantitative estimate of drug-likeness (QED) is 0.826. The molecule has 2 aromatic heterocycles. The zero-order chi connectivity index (χ0) is 9.26. The molecule has 0 aliphatic rings. The van der Waals surface area contributed by atoms with Crippen LogP contribution in [0.1, 0.15) is 9.67 Å². The molecule has 13 heavy (non-hydrogen) atoms. The van der Waals surface area contributed by atoms with E-state index in [1.165, 1.54) is 17.5 Å². The third-order valence-electron chi connectivity index (χ3n) is 1.37. The topological polar surface area (TPSA) is 63.1 Å². The maximum atomic E-state index is 10.5. The molecule has 4 nitrogen and oxygen atoms in total. The number of carboxylic acid groups (broad SMARTS) is 1. The average molecular weight is 212 g/mol. The lowest BCUT2D eigenvalue weighted by molar-refractivity contribution is 0.0702. The van der Waals surface area contributed by atoms with Gasteiger partial charge < -0.3 is 5.11 Å². The lowest BCUT2D eigenvalue weighted by Crippen LogP contribution is -1.89. The lowest BCUT2D eigenvalue weighted by Gasteiger charge is -1.84. The number of carboxylic acids is 1. The van der Waals surface area contributed by atoms with Crippen LogP contribution in [0.2, 0.25) is 0 Å². The second kappa shape index (κ2) is 3.23. The molecule has 0 aliphatic heterocycles. The van der Waals surface area contributed by atoms with Crippen LogP contribution in [0.4, 0.5) is 0 Å². The zero-order valence-electron chi connectivity index (χ0n) is 6.30. The molecule has 0 amide bonds. The number of aromatic carboxylic acids is 1. The van der Waals surface area contributed by atoms with Crippen molar-refractivity contribution < 1.29 is 9.90 Å². The summed E-state index contributed by atoms with van der Waals surface area (Å²) < 4.78 is 0. The Labute approximate surface area is 81.5 Å². The molecule has 0 bridgehead atoms. The summed E-state index contributed by atoms with van der Waals surface area (Å²) in [5.74, 6) is -0.945. The second-order valence-electron chi connectivity index (χ2n) is 2.21. The predicted octanol–water partition coefficient (Wildman–Crippen LogP) is 1.96. The van der Waals surface area contributed by atoms with E-state index < -0.39 is 5.97 Å². The second-order valence-corrected chi connectivity index (χ2v) is 3.96. The van der Waals surface area contributed by atoms with E-state index in [1.807, 2.05) is 5.38 Å². The highest BCUT2D eigenvalue weighted by atomic mass is 32.1. The number of rotatable bonds is 2. The van der Waals surface area contributed by atoms with Gasteiger partial charge in [-0.15, -0.1) is 22.7 Å². The normalized spacial score (nSPS) is 10.2. The molecule has 0 spiro atoms. The molecule has 2 aromatic rings. The van der Waals surface area contributed by atoms with Crippen molar-refractivity contribution in [3.8, 4) is 10.7 Å². The molecule has 0 saturated carbocycles. The Morgan fingerprint density at radius 2 is 2.31 bits per heavy atom. The van der Waals surface area contributed by atoms with Gasteiger partial charge in [-0.1, -0.05) is 0 Å². The van der Waals surface area contributed by atoms with Gasteiger partial charge in [0, 0.05) is 5.38 Å². The highest BCUT2D eigenvalue weighted by Gasteiger charge is 2.10. The molecule has 6 heteroatoms. The van der Waals surface area contributed by atoms with Crippen LogP contribution >= 0.6 is 22.7 Å². The van der Waals surface area contributed by atoms with Crippen molar-refractivity contribution >= 4 is 28.6 Å². The first kappa shape index (κ1) is 8.33. The first-order valence-electron chi connectivity index (χ1n) is 3.35. The van der Waals surface area contributed by atoms with Crippen molar-refractivity contribution in [3.05, 3.63) is 22.0 Å². The minimum absolute atomic E-state index is 0.239. The van der Waals surface area contributed by atoms with Crippen LogP contribution in [0.5, 0.6) is 0 Å². The SMILES string of the molecule is O=C(O)c1cnc(-c2cscn2)s1. The molecule has 0 fully saturated rings. The molecule has 0 saturated heterocycles. The number of aromatic nitrogens is 2. The Morgan fingerprint density at radius 3 is 2.85 bits per heavy atom. The fourth-order valence-corrected chi connectivity index (χ4v) is 2.14. The first-order chi connectivity index (χ1) is 6.27. The summed E-state index contributed by atoms with van der Waals surface area (Å²) in [6, 6.07) is 0. The predicted molar refractivity (Wildman–Crippen MR) is 50.2 cm³/mol. The van der Waals surface area contributed by atoms with E-state index in [-0.39, 0.29) is 4.88 Å². The molecule has 0 aliphatic carbocycles. The van der Waals surface area contributed by atoms with Crippen LogP contribution in [0.15, 0.2) is 17.1 Å². The highest BCUT2D eigenvalue weighted by molar-refractivity contribution is 7.17. The van der Waals surface area contributed by atoms with Gasteiger partial charge in [0.05, 0.1) is 11.7 Å². The smallest absolute Gasteiger partial charge is 0.347 e. The van der Waals surface area contributed by atoms with Crippen molar-refractivity contribution in [2.45, 2.75) is 0 Å². The van der Waals surface area contributed by atoms with Gasteiger partial charge in [-0.3, -0.25) is 0 Å². The molecule has 0 aromatic carbocycles. The molecular weight excluding hydrogens is 208 g/mol. The summed E-state index contributed by atoms with van der Waals surface area (Å²) in [5, 5.41) is 11.1. The Bertz CT molecular complexity index is 421. The van der Waals surface area contributed by atoms with E-state index in [9.17, 15) is 4.79 Å². The van der Waals surface area contributed by atoms with Crippen LogP contribution in [0.3, 0.4) is 0 Å². The zero-order valence-corrected chi connectivity index (χ0v) is 7.93. The van der Waals surface area contributed by atoms with Crippen molar-refractivity contribution in [2.24, 2.45) is 0 Å². The molecular formula is C7H4N2O2S2. The van der Waals surface area contributed by atoms with E-state index in [2.05, 4.69) is 9.97 Å². The van der Waals surface area contributed by atoms with Crippen LogP contribution in [-0.2, 0) is 0 Å². The number of hydrogen-bond donors (Lipinski definition) is 1. The van der Waals surface area contributed by atoms with Gasteiger partial charge in [-0.05, 0) is 0 Å².